The summed E-state index contributed by atoms with van der Waals surface area (Å²) in [6.45, 7) is 3.41. The van der Waals surface area contributed by atoms with Crippen molar-refractivity contribution in [3.8, 4) is 0 Å². The maximum atomic E-state index is 13.6. The Morgan fingerprint density at radius 1 is 1.53 bits per heavy atom. The summed E-state index contributed by atoms with van der Waals surface area (Å²) < 4.78 is 14.2. The van der Waals surface area contributed by atoms with E-state index >= 15 is 0 Å². The van der Waals surface area contributed by atoms with Gasteiger partial charge in [0, 0.05) is 29.6 Å². The van der Waals surface area contributed by atoms with Crippen LogP contribution in [0, 0.1) is 5.82 Å². The summed E-state index contributed by atoms with van der Waals surface area (Å²) in [4.78, 5) is 5.92. The molecule has 0 saturated carbocycles. The van der Waals surface area contributed by atoms with Crippen LogP contribution in [0.15, 0.2) is 16.7 Å². The van der Waals surface area contributed by atoms with E-state index in [0.717, 1.165) is 13.0 Å². The molecule has 0 fully saturated rings. The van der Waals surface area contributed by atoms with Crippen LogP contribution in [-0.2, 0) is 0 Å². The molecule has 0 bridgehead atoms. The summed E-state index contributed by atoms with van der Waals surface area (Å²) >= 11 is 8.84. The Balaban J connectivity index is 2.89. The van der Waals surface area contributed by atoms with Gasteiger partial charge >= 0.3 is 0 Å². The van der Waals surface area contributed by atoms with Gasteiger partial charge in [0.2, 0.25) is 0 Å². The van der Waals surface area contributed by atoms with Crippen LogP contribution >= 0.6 is 27.5 Å². The van der Waals surface area contributed by atoms with Gasteiger partial charge in [-0.1, -0.05) is 6.92 Å². The van der Waals surface area contributed by atoms with E-state index in [-0.39, 0.29) is 5.82 Å². The predicted octanol–water partition coefficient (Wildman–Crippen LogP) is 3.44. The number of aromatic nitrogens is 1. The van der Waals surface area contributed by atoms with Crippen molar-refractivity contribution in [3.63, 3.8) is 0 Å². The minimum atomic E-state index is -0.317. The van der Waals surface area contributed by atoms with Crippen LogP contribution in [0.25, 0.3) is 0 Å². The molecule has 2 nitrogen and oxygen atoms in total. The highest BCUT2D eigenvalue weighted by atomic mass is 79.9. The molecule has 0 radical (unpaired) electrons. The monoisotopic (exact) mass is 294 g/mol. The molecule has 0 spiro atoms. The minimum Gasteiger partial charge on any atom is -0.353 e. The summed E-state index contributed by atoms with van der Waals surface area (Å²) in [5, 5.41) is 0. The highest BCUT2D eigenvalue weighted by Gasteiger charge is 2.11. The first kappa shape index (κ1) is 12.7. The Morgan fingerprint density at radius 2 is 2.27 bits per heavy atom. The fourth-order valence-corrected chi connectivity index (χ4v) is 1.84. The molecule has 1 rings (SSSR count). The van der Waals surface area contributed by atoms with Crippen molar-refractivity contribution in [1.29, 1.82) is 0 Å². The zero-order valence-electron chi connectivity index (χ0n) is 8.51. The molecule has 0 aliphatic heterocycles. The first-order valence-electron chi connectivity index (χ1n) is 4.81. The lowest BCUT2D eigenvalue weighted by Crippen LogP contribution is -2.28. The molecule has 0 aliphatic carbocycles. The fourth-order valence-electron chi connectivity index (χ4n) is 1.34. The van der Waals surface area contributed by atoms with Gasteiger partial charge in [0.15, 0.2) is 11.6 Å². The summed E-state index contributed by atoms with van der Waals surface area (Å²) in [5.41, 5.74) is 0. The average Bonchev–Trinajstić information content (AvgIpc) is 2.17. The molecule has 0 atom stereocenters. The van der Waals surface area contributed by atoms with Crippen LogP contribution in [-0.4, -0.2) is 24.0 Å². The molecule has 0 saturated heterocycles. The molecule has 5 heteroatoms. The standard InChI is InChI=1S/C10H13BrClFN2/c1-2-4-15(5-3-12)10-9(13)6-8(11)7-14-10/h6-7H,2-5H2,1H3. The summed E-state index contributed by atoms with van der Waals surface area (Å²) in [6, 6.07) is 1.42. The second-order valence-corrected chi connectivity index (χ2v) is 4.43. The molecular formula is C10H13BrClFN2. The van der Waals surface area contributed by atoms with Crippen molar-refractivity contribution in [1.82, 2.24) is 4.98 Å². The van der Waals surface area contributed by atoms with Crippen LogP contribution in [0.1, 0.15) is 13.3 Å². The third kappa shape index (κ3) is 3.61. The average molecular weight is 296 g/mol. The van der Waals surface area contributed by atoms with Crippen molar-refractivity contribution < 1.29 is 4.39 Å². The number of hydrogen-bond acceptors (Lipinski definition) is 2. The number of halogens is 3. The summed E-state index contributed by atoms with van der Waals surface area (Å²) in [5.74, 6) is 0.528. The number of pyridine rings is 1. The summed E-state index contributed by atoms with van der Waals surface area (Å²) in [7, 11) is 0. The van der Waals surface area contributed by atoms with Gasteiger partial charge in [-0.05, 0) is 28.4 Å². The maximum Gasteiger partial charge on any atom is 0.166 e. The minimum absolute atomic E-state index is 0.317. The van der Waals surface area contributed by atoms with Crippen molar-refractivity contribution >= 4 is 33.3 Å². The molecule has 1 aromatic heterocycles. The smallest absolute Gasteiger partial charge is 0.166 e. The number of rotatable bonds is 5. The fraction of sp³-hybridized carbons (Fsp3) is 0.500. The zero-order valence-corrected chi connectivity index (χ0v) is 10.9. The SMILES string of the molecule is CCCN(CCCl)c1ncc(Br)cc1F. The number of alkyl halides is 1. The Bertz CT molecular complexity index is 316. The Labute approximate surface area is 103 Å². The topological polar surface area (TPSA) is 16.1 Å². The lowest BCUT2D eigenvalue weighted by molar-refractivity contribution is 0.608. The van der Waals surface area contributed by atoms with Crippen LogP contribution in [0.3, 0.4) is 0 Å². The van der Waals surface area contributed by atoms with Gasteiger partial charge in [-0.25, -0.2) is 9.37 Å². The normalized spacial score (nSPS) is 10.4. The second kappa shape index (κ2) is 6.28. The van der Waals surface area contributed by atoms with Crippen molar-refractivity contribution in [2.24, 2.45) is 0 Å². The van der Waals surface area contributed by atoms with E-state index in [4.69, 9.17) is 11.6 Å². The summed E-state index contributed by atoms with van der Waals surface area (Å²) in [6.07, 6.45) is 2.53. The van der Waals surface area contributed by atoms with Gasteiger partial charge in [0.1, 0.15) is 0 Å². The maximum absolute atomic E-state index is 13.6. The van der Waals surface area contributed by atoms with E-state index in [1.54, 1.807) is 6.20 Å². The molecule has 1 aromatic rings. The Kier molecular flexibility index (Phi) is 5.32. The van der Waals surface area contributed by atoms with E-state index in [1.807, 2.05) is 11.8 Å². The second-order valence-electron chi connectivity index (χ2n) is 3.13. The van der Waals surface area contributed by atoms with E-state index < -0.39 is 0 Å². The third-order valence-electron chi connectivity index (χ3n) is 1.94. The van der Waals surface area contributed by atoms with Crippen LogP contribution in [0.2, 0.25) is 0 Å². The van der Waals surface area contributed by atoms with Crippen molar-refractivity contribution in [3.05, 3.63) is 22.6 Å². The third-order valence-corrected chi connectivity index (χ3v) is 2.54. The van der Waals surface area contributed by atoms with Crippen LogP contribution in [0.4, 0.5) is 10.2 Å². The van der Waals surface area contributed by atoms with Crippen molar-refractivity contribution in [2.45, 2.75) is 13.3 Å². The predicted molar refractivity (Wildman–Crippen MR) is 65.1 cm³/mol. The zero-order chi connectivity index (χ0) is 11.3. The van der Waals surface area contributed by atoms with E-state index in [9.17, 15) is 4.39 Å². The van der Waals surface area contributed by atoms with E-state index in [0.29, 0.717) is 22.7 Å². The van der Waals surface area contributed by atoms with Gasteiger partial charge in [-0.3, -0.25) is 0 Å². The Morgan fingerprint density at radius 3 is 2.80 bits per heavy atom. The molecule has 0 N–H and O–H groups in total. The van der Waals surface area contributed by atoms with Gasteiger partial charge in [-0.2, -0.15) is 0 Å². The quantitative estimate of drug-likeness (QED) is 0.774. The number of anilines is 1. The first-order chi connectivity index (χ1) is 7.19. The molecule has 0 amide bonds. The molecule has 0 aromatic carbocycles. The Hall–Kier alpha value is -0.350. The van der Waals surface area contributed by atoms with Crippen molar-refractivity contribution in [2.75, 3.05) is 23.9 Å². The lowest BCUT2D eigenvalue weighted by Gasteiger charge is -2.22. The molecule has 15 heavy (non-hydrogen) atoms. The molecule has 0 unspecified atom stereocenters. The first-order valence-corrected chi connectivity index (χ1v) is 6.13. The highest BCUT2D eigenvalue weighted by molar-refractivity contribution is 9.10. The number of hydrogen-bond donors (Lipinski definition) is 0. The van der Waals surface area contributed by atoms with E-state index in [1.165, 1.54) is 6.07 Å². The van der Waals surface area contributed by atoms with Gasteiger partial charge in [0.05, 0.1) is 0 Å². The van der Waals surface area contributed by atoms with Gasteiger partial charge in [0.25, 0.3) is 0 Å². The number of nitrogens with zero attached hydrogens (tertiary/aromatic N) is 2. The van der Waals surface area contributed by atoms with E-state index in [2.05, 4.69) is 20.9 Å². The van der Waals surface area contributed by atoms with Crippen LogP contribution < -0.4 is 4.90 Å². The molecule has 1 heterocycles. The van der Waals surface area contributed by atoms with Crippen LogP contribution in [0.5, 0.6) is 0 Å². The van der Waals surface area contributed by atoms with Gasteiger partial charge in [-0.15, -0.1) is 11.6 Å². The molecule has 0 aliphatic rings. The lowest BCUT2D eigenvalue weighted by atomic mass is 10.3. The highest BCUT2D eigenvalue weighted by Crippen LogP contribution is 2.20. The van der Waals surface area contributed by atoms with Gasteiger partial charge < -0.3 is 4.90 Å². The molecular weight excluding hydrogens is 282 g/mol. The largest absolute Gasteiger partial charge is 0.353 e. The molecule has 84 valence electrons.